The van der Waals surface area contributed by atoms with Crippen LogP contribution in [0.3, 0.4) is 0 Å². The van der Waals surface area contributed by atoms with Crippen molar-refractivity contribution in [3.8, 4) is 0 Å². The Balaban J connectivity index is -0.00000165. The average Bonchev–Trinajstić information content (AvgIpc) is 0.872. The Morgan fingerprint density at radius 3 is 1.09 bits per heavy atom. The van der Waals surface area contributed by atoms with Gasteiger partial charge in [0.1, 0.15) is 33.2 Å². The van der Waals surface area contributed by atoms with E-state index in [-0.39, 0.29) is 178 Å². The first-order valence-electron chi connectivity index (χ1n) is 33.9. The molecule has 0 aliphatic heterocycles. The second-order valence-corrected chi connectivity index (χ2v) is 24.2. The number of unbranched alkanes of at least 4 members (excludes halogenated alkanes) is 1. The lowest BCUT2D eigenvalue weighted by Gasteiger charge is -2.23. The van der Waals surface area contributed by atoms with Crippen LogP contribution in [0.2, 0.25) is 0 Å². The van der Waals surface area contributed by atoms with Crippen LogP contribution in [0.1, 0.15) is 189 Å². The molecule has 108 heavy (non-hydrogen) atoms. The number of ketones is 5. The Morgan fingerprint density at radius 1 is 0.389 bits per heavy atom. The van der Waals surface area contributed by atoms with Crippen LogP contribution in [-0.4, -0.2) is 215 Å². The minimum Gasteiger partial charge on any atom is -0.446 e. The van der Waals surface area contributed by atoms with E-state index in [0.717, 1.165) is 11.1 Å². The van der Waals surface area contributed by atoms with E-state index in [9.17, 15) is 62.3 Å². The van der Waals surface area contributed by atoms with Gasteiger partial charge in [0, 0.05) is 97.4 Å². The number of carbonyl (C=O) groups excluding carboxylic acids is 14. The number of benzene rings is 2. The fourth-order valence-corrected chi connectivity index (χ4v) is 9.62. The van der Waals surface area contributed by atoms with Crippen molar-refractivity contribution < 1.29 is 105 Å². The van der Waals surface area contributed by atoms with Gasteiger partial charge in [-0.2, -0.15) is 0 Å². The molecular weight excluding hydrogens is 1400 g/mol. The lowest BCUT2D eigenvalue weighted by Crippen LogP contribution is -2.46. The number of Topliss-reactive ketones (excluding diaryl/α,β-unsaturated/α-hetero) is 5. The molecule has 0 bridgehead atoms. The third kappa shape index (κ3) is 59.3. The third-order valence-electron chi connectivity index (χ3n) is 14.7. The van der Waals surface area contributed by atoms with Gasteiger partial charge >= 0.3 is 24.4 Å². The van der Waals surface area contributed by atoms with E-state index in [1.54, 1.807) is 68.8 Å². The Hall–Kier alpha value is -8.74. The van der Waals surface area contributed by atoms with Gasteiger partial charge < -0.3 is 85.2 Å². The quantitative estimate of drug-likeness (QED) is 0.0225. The monoisotopic (exact) mass is 1540 g/mol. The summed E-state index contributed by atoms with van der Waals surface area (Å²) in [4.78, 5) is 176. The maximum atomic E-state index is 13.8. The topological polar surface area (TPSA) is 409 Å². The maximum absolute atomic E-state index is 13.8. The molecule has 8 N–H and O–H groups in total. The summed E-state index contributed by atoms with van der Waals surface area (Å²) in [5.74, 6) is -5.51. The summed E-state index contributed by atoms with van der Waals surface area (Å²) >= 11 is 0. The second kappa shape index (κ2) is 72.5. The standard InChI is InChI=1S/C69H106N8O21.CH2O.8CH4/c1-48(2)40-58(60(81)23-25-62(83)70-28-16-30-93-34-32-91-6)75-64(85)53(42-51-18-10-8-11-19-51)44-55(79)46-73-67(88)96-37-36-95-66(87)72-27-15-14-22-57(50(5)78)77-69(90)98-39-38-97-68(89)74-47-56(80)45-54(43-52-20-12-9-13-21-52)65(86)76-59(41-49(3)4)61(82)24-26-63(84)71-29-17-31-94-35-33-92-7;1-2;;;;;;;;/h8-13,18-21,48-49,53-54,57-59H,14-17,22-47H2,1-7H3,(H,70,83)(H,71,84)(H,72,87)(H,73,88)(H,74,89)(H,75,85)(H,76,86)(H,77,90);1H2;8*1H4. The van der Waals surface area contributed by atoms with Crippen molar-refractivity contribution in [2.24, 2.45) is 23.7 Å². The van der Waals surface area contributed by atoms with Crippen molar-refractivity contribution in [1.29, 1.82) is 0 Å². The molecule has 0 fully saturated rings. The van der Waals surface area contributed by atoms with Crippen LogP contribution in [0.25, 0.3) is 0 Å². The van der Waals surface area contributed by atoms with Crippen molar-refractivity contribution in [2.75, 3.05) is 113 Å². The van der Waals surface area contributed by atoms with E-state index >= 15 is 0 Å². The van der Waals surface area contributed by atoms with Gasteiger partial charge in [0.2, 0.25) is 23.6 Å². The lowest BCUT2D eigenvalue weighted by atomic mass is 9.91. The molecule has 2 rings (SSSR count). The van der Waals surface area contributed by atoms with Gasteiger partial charge in [-0.25, -0.2) is 19.2 Å². The number of hydrogen-bond donors (Lipinski definition) is 8. The molecule has 0 saturated heterocycles. The lowest BCUT2D eigenvalue weighted by molar-refractivity contribution is -0.133. The summed E-state index contributed by atoms with van der Waals surface area (Å²) in [6, 6.07) is 15.2. The molecule has 30 heteroatoms. The molecule has 2 aromatic rings. The predicted octanol–water partition coefficient (Wildman–Crippen LogP) is 9.66. The van der Waals surface area contributed by atoms with E-state index in [1.807, 2.05) is 40.6 Å². The van der Waals surface area contributed by atoms with Crippen LogP contribution in [-0.2, 0) is 98.7 Å². The number of nitrogens with one attached hydrogen (secondary N) is 8. The molecule has 0 aromatic heterocycles. The second-order valence-electron chi connectivity index (χ2n) is 24.2. The summed E-state index contributed by atoms with van der Waals surface area (Å²) in [7, 11) is 3.15. The van der Waals surface area contributed by atoms with Crippen molar-refractivity contribution >= 4 is 83.7 Å². The molecule has 0 aliphatic rings. The van der Waals surface area contributed by atoms with Crippen molar-refractivity contribution in [3.05, 3.63) is 71.8 Å². The highest BCUT2D eigenvalue weighted by Gasteiger charge is 2.31. The third-order valence-corrected chi connectivity index (χ3v) is 14.7. The Morgan fingerprint density at radius 2 is 0.741 bits per heavy atom. The molecule has 8 amide bonds. The van der Waals surface area contributed by atoms with Gasteiger partial charge in [-0.3, -0.25) is 43.2 Å². The summed E-state index contributed by atoms with van der Waals surface area (Å²) in [6.07, 6.45) is -1.68. The van der Waals surface area contributed by atoms with Crippen LogP contribution in [0.4, 0.5) is 19.2 Å². The highest BCUT2D eigenvalue weighted by molar-refractivity contribution is 5.95. The first kappa shape index (κ1) is 115. The Bertz CT molecular complexity index is 2760. The average molecular weight is 1540 g/mol. The van der Waals surface area contributed by atoms with E-state index < -0.39 is 104 Å². The molecular formula is C78H140N8O22. The summed E-state index contributed by atoms with van der Waals surface area (Å²) in [5, 5.41) is 20.8. The molecule has 0 radical (unpaired) electrons. The van der Waals surface area contributed by atoms with E-state index in [2.05, 4.69) is 42.5 Å². The first-order valence-corrected chi connectivity index (χ1v) is 33.9. The summed E-state index contributed by atoms with van der Waals surface area (Å²) in [5.41, 5.74) is 1.53. The van der Waals surface area contributed by atoms with Crippen LogP contribution in [0, 0.1) is 23.7 Å². The highest BCUT2D eigenvalue weighted by atomic mass is 16.6. The van der Waals surface area contributed by atoms with E-state index in [4.69, 9.17) is 42.7 Å². The number of carbonyl (C=O) groups is 14. The smallest absolute Gasteiger partial charge is 0.407 e. The van der Waals surface area contributed by atoms with Gasteiger partial charge in [0.05, 0.1) is 57.6 Å². The van der Waals surface area contributed by atoms with Crippen molar-refractivity contribution in [2.45, 2.75) is 208 Å². The largest absolute Gasteiger partial charge is 0.446 e. The number of hydrogen-bond acceptors (Lipinski definition) is 22. The summed E-state index contributed by atoms with van der Waals surface area (Å²) in [6.45, 7) is 11.9. The number of ether oxygens (including phenoxy) is 8. The van der Waals surface area contributed by atoms with Gasteiger partial charge in [0.25, 0.3) is 0 Å². The van der Waals surface area contributed by atoms with Crippen LogP contribution in [0.5, 0.6) is 0 Å². The zero-order chi connectivity index (χ0) is 74.3. The van der Waals surface area contributed by atoms with Crippen LogP contribution < -0.4 is 42.5 Å². The molecule has 2 aromatic carbocycles. The highest BCUT2D eigenvalue weighted by Crippen LogP contribution is 2.19. The molecule has 0 spiro atoms. The minimum atomic E-state index is -1.01. The normalized spacial score (nSPS) is 11.4. The minimum absolute atomic E-state index is 0. The Labute approximate surface area is 645 Å². The summed E-state index contributed by atoms with van der Waals surface area (Å²) < 4.78 is 40.9. The number of alkyl carbamates (subject to hydrolysis) is 4. The molecule has 0 aliphatic carbocycles. The zero-order valence-electron chi connectivity index (χ0n) is 59.2. The van der Waals surface area contributed by atoms with Crippen LogP contribution in [0.15, 0.2) is 60.7 Å². The van der Waals surface area contributed by atoms with Gasteiger partial charge in [0.15, 0.2) is 28.9 Å². The fraction of sp³-hybridized carbons (Fsp3) is 0.667. The van der Waals surface area contributed by atoms with Gasteiger partial charge in [-0.1, -0.05) is 148 Å². The van der Waals surface area contributed by atoms with Gasteiger partial charge in [-0.15, -0.1) is 0 Å². The molecule has 5 atom stereocenters. The van der Waals surface area contributed by atoms with Crippen molar-refractivity contribution in [3.63, 3.8) is 0 Å². The van der Waals surface area contributed by atoms with Crippen molar-refractivity contribution in [1.82, 2.24) is 42.5 Å². The van der Waals surface area contributed by atoms with E-state index in [0.29, 0.717) is 91.3 Å². The maximum Gasteiger partial charge on any atom is 0.407 e. The Kier molecular flexibility index (Phi) is 77.2. The molecule has 624 valence electrons. The molecule has 0 heterocycles. The predicted molar refractivity (Wildman–Crippen MR) is 420 cm³/mol. The van der Waals surface area contributed by atoms with Gasteiger partial charge in [-0.05, 0) is 87.7 Å². The SMILES string of the molecule is C.C.C.C.C.C.C.C.C=O.COCCOCCCNC(=O)CCC(=O)C(CC(C)C)NC(=O)C(CC(=O)CNC(=O)OCCOC(=O)NCCCCC(NC(=O)OCCOC(=O)NCC(=O)CC(Cc1ccccc1)C(=O)NC(CC(C)C)C(=O)CCC(=O)NCCCOCCOC)C(C)=O)Cc1ccccc1. The molecule has 0 saturated carbocycles. The molecule has 30 nitrogen and oxygen atoms in total. The number of amides is 8. The van der Waals surface area contributed by atoms with E-state index in [1.165, 1.54) is 6.92 Å². The zero-order valence-corrected chi connectivity index (χ0v) is 59.2. The number of rotatable bonds is 55. The van der Waals surface area contributed by atoms with Crippen LogP contribution >= 0.6 is 0 Å². The first-order chi connectivity index (χ1) is 48.0. The fourth-order valence-electron chi connectivity index (χ4n) is 9.62. The molecule has 5 unspecified atom stereocenters. The number of methoxy groups -OCH3 is 2.